The average molecular weight is 362 g/mol. The van der Waals surface area contributed by atoms with E-state index in [-0.39, 0.29) is 12.2 Å². The molecule has 0 fully saturated rings. The van der Waals surface area contributed by atoms with Crippen LogP contribution in [0.1, 0.15) is 24.1 Å². The zero-order valence-electron chi connectivity index (χ0n) is 14.5. The molecule has 0 saturated heterocycles. The second kappa shape index (κ2) is 8.94. The summed E-state index contributed by atoms with van der Waals surface area (Å²) >= 11 is 0. The van der Waals surface area contributed by atoms with Gasteiger partial charge in [0.05, 0.1) is 0 Å². The molecule has 2 aromatic rings. The van der Waals surface area contributed by atoms with Crippen LogP contribution < -0.4 is 15.4 Å². The summed E-state index contributed by atoms with van der Waals surface area (Å²) in [5.41, 5.74) is 1.08. The van der Waals surface area contributed by atoms with E-state index in [9.17, 15) is 18.4 Å². The number of ether oxygens (including phenoxy) is 1. The van der Waals surface area contributed by atoms with Crippen molar-refractivity contribution in [1.82, 2.24) is 10.6 Å². The Morgan fingerprint density at radius 3 is 2.50 bits per heavy atom. The summed E-state index contributed by atoms with van der Waals surface area (Å²) in [6, 6.07) is 9.17. The lowest BCUT2D eigenvalue weighted by Crippen LogP contribution is -2.41. The highest BCUT2D eigenvalue weighted by atomic mass is 19.2. The Morgan fingerprint density at radius 2 is 1.85 bits per heavy atom. The first kappa shape index (κ1) is 19.4. The quantitative estimate of drug-likeness (QED) is 0.795. The maximum absolute atomic E-state index is 13.5. The van der Waals surface area contributed by atoms with Crippen molar-refractivity contribution in [3.05, 3.63) is 65.2 Å². The van der Waals surface area contributed by atoms with E-state index in [1.165, 1.54) is 13.1 Å². The molecule has 0 bridgehead atoms. The van der Waals surface area contributed by atoms with Gasteiger partial charge in [0.15, 0.2) is 18.2 Å². The van der Waals surface area contributed by atoms with E-state index in [1.807, 2.05) is 19.1 Å². The minimum absolute atomic E-state index is 0.130. The molecule has 26 heavy (non-hydrogen) atoms. The topological polar surface area (TPSA) is 67.4 Å². The lowest BCUT2D eigenvalue weighted by molar-refractivity contribution is -0.129. The number of halogens is 2. The molecular formula is C19H20F2N2O3. The number of amides is 2. The van der Waals surface area contributed by atoms with Crippen LogP contribution in [0.4, 0.5) is 8.78 Å². The maximum Gasteiger partial charge on any atom is 0.258 e. The summed E-state index contributed by atoms with van der Waals surface area (Å²) in [6.07, 6.45) is 0.744. The molecule has 0 saturated carbocycles. The van der Waals surface area contributed by atoms with Gasteiger partial charge in [0.25, 0.3) is 5.91 Å². The Labute approximate surface area is 150 Å². The van der Waals surface area contributed by atoms with Crippen molar-refractivity contribution >= 4 is 11.8 Å². The van der Waals surface area contributed by atoms with Gasteiger partial charge in [0.2, 0.25) is 5.91 Å². The molecule has 1 atom stereocenters. The first-order valence-corrected chi connectivity index (χ1v) is 8.12. The van der Waals surface area contributed by atoms with Crippen molar-refractivity contribution < 1.29 is 23.1 Å². The maximum atomic E-state index is 13.5. The molecule has 7 heteroatoms. The second-order valence-electron chi connectivity index (χ2n) is 5.54. The molecule has 0 heterocycles. The number of nitrogens with one attached hydrogen (secondary N) is 2. The Morgan fingerprint density at radius 1 is 1.12 bits per heavy atom. The molecule has 0 aliphatic rings. The molecule has 2 amide bonds. The van der Waals surface area contributed by atoms with Gasteiger partial charge in [-0.25, -0.2) is 8.78 Å². The Bertz CT molecular complexity index is 796. The largest absolute Gasteiger partial charge is 0.483 e. The van der Waals surface area contributed by atoms with Gasteiger partial charge in [-0.15, -0.1) is 0 Å². The highest BCUT2D eigenvalue weighted by Gasteiger charge is 2.23. The lowest BCUT2D eigenvalue weighted by atomic mass is 10.1. The molecular weight excluding hydrogens is 342 g/mol. The van der Waals surface area contributed by atoms with Gasteiger partial charge in [-0.3, -0.25) is 9.59 Å². The predicted molar refractivity (Wildman–Crippen MR) is 92.6 cm³/mol. The van der Waals surface area contributed by atoms with Crippen molar-refractivity contribution in [3.63, 3.8) is 0 Å². The van der Waals surface area contributed by atoms with Gasteiger partial charge in [0.1, 0.15) is 11.8 Å². The minimum Gasteiger partial charge on any atom is -0.483 e. The normalized spacial score (nSPS) is 11.5. The first-order valence-electron chi connectivity index (χ1n) is 8.12. The van der Waals surface area contributed by atoms with E-state index < -0.39 is 29.5 Å². The van der Waals surface area contributed by atoms with E-state index >= 15 is 0 Å². The number of likely N-dealkylation sites (N-methyl/N-ethyl adjacent to an activating group) is 1. The molecule has 2 aromatic carbocycles. The van der Waals surface area contributed by atoms with Crippen molar-refractivity contribution in [3.8, 4) is 5.75 Å². The van der Waals surface area contributed by atoms with E-state index in [1.54, 1.807) is 12.1 Å². The fraction of sp³-hybridized carbons (Fsp3) is 0.263. The fourth-order valence-electron chi connectivity index (χ4n) is 2.42. The van der Waals surface area contributed by atoms with E-state index in [0.29, 0.717) is 5.75 Å². The van der Waals surface area contributed by atoms with Gasteiger partial charge in [-0.2, -0.15) is 0 Å². The van der Waals surface area contributed by atoms with Crippen molar-refractivity contribution in [2.45, 2.75) is 19.4 Å². The number of aryl methyl sites for hydroxylation is 1. The van der Waals surface area contributed by atoms with Crippen LogP contribution >= 0.6 is 0 Å². The van der Waals surface area contributed by atoms with E-state index in [4.69, 9.17) is 4.74 Å². The van der Waals surface area contributed by atoms with Crippen LogP contribution in [0, 0.1) is 11.6 Å². The Kier molecular flexibility index (Phi) is 6.66. The molecule has 0 aliphatic carbocycles. The molecule has 0 aromatic heterocycles. The van der Waals surface area contributed by atoms with Crippen molar-refractivity contribution in [2.75, 3.05) is 13.7 Å². The van der Waals surface area contributed by atoms with Crippen LogP contribution in [0.25, 0.3) is 0 Å². The highest BCUT2D eigenvalue weighted by Crippen LogP contribution is 2.19. The molecule has 0 aliphatic heterocycles. The third kappa shape index (κ3) is 4.78. The summed E-state index contributed by atoms with van der Waals surface area (Å²) in [6.45, 7) is 1.65. The highest BCUT2D eigenvalue weighted by molar-refractivity contribution is 5.89. The third-order valence-electron chi connectivity index (χ3n) is 3.80. The van der Waals surface area contributed by atoms with Gasteiger partial charge in [-0.1, -0.05) is 31.2 Å². The number of hydrogen-bond acceptors (Lipinski definition) is 3. The lowest BCUT2D eigenvalue weighted by Gasteiger charge is -2.18. The zero-order chi connectivity index (χ0) is 19.1. The SMILES string of the molecule is CCc1ccccc1OCC(=O)NC(C(=O)NC)c1ccc(F)c(F)c1. The van der Waals surface area contributed by atoms with Gasteiger partial charge < -0.3 is 15.4 Å². The van der Waals surface area contributed by atoms with Crippen LogP contribution in [0.15, 0.2) is 42.5 Å². The van der Waals surface area contributed by atoms with Gasteiger partial charge in [0, 0.05) is 7.05 Å². The fourth-order valence-corrected chi connectivity index (χ4v) is 2.42. The van der Waals surface area contributed by atoms with E-state index in [0.717, 1.165) is 24.1 Å². The van der Waals surface area contributed by atoms with Crippen LogP contribution in [0.5, 0.6) is 5.75 Å². The predicted octanol–water partition coefficient (Wildman–Crippen LogP) is 2.51. The second-order valence-corrected chi connectivity index (χ2v) is 5.54. The number of hydrogen-bond donors (Lipinski definition) is 2. The third-order valence-corrected chi connectivity index (χ3v) is 3.80. The van der Waals surface area contributed by atoms with Crippen LogP contribution in [-0.2, 0) is 16.0 Å². The number of para-hydroxylation sites is 1. The summed E-state index contributed by atoms with van der Waals surface area (Å²) in [4.78, 5) is 24.2. The van der Waals surface area contributed by atoms with Crippen LogP contribution in [-0.4, -0.2) is 25.5 Å². The molecule has 0 spiro atoms. The molecule has 2 N–H and O–H groups in total. The Hall–Kier alpha value is -2.96. The summed E-state index contributed by atoms with van der Waals surface area (Å²) in [5, 5.41) is 4.86. The number of rotatable bonds is 7. The Balaban J connectivity index is 2.09. The number of benzene rings is 2. The van der Waals surface area contributed by atoms with Gasteiger partial charge in [-0.05, 0) is 35.7 Å². The minimum atomic E-state index is -1.16. The van der Waals surface area contributed by atoms with Gasteiger partial charge >= 0.3 is 0 Å². The van der Waals surface area contributed by atoms with Crippen LogP contribution in [0.2, 0.25) is 0 Å². The summed E-state index contributed by atoms with van der Waals surface area (Å²) in [5.74, 6) is -2.67. The molecule has 2 rings (SSSR count). The zero-order valence-corrected chi connectivity index (χ0v) is 14.5. The number of carbonyl (C=O) groups excluding carboxylic acids is 2. The number of carbonyl (C=O) groups is 2. The molecule has 5 nitrogen and oxygen atoms in total. The molecule has 0 radical (unpaired) electrons. The first-order chi connectivity index (χ1) is 12.5. The summed E-state index contributed by atoms with van der Waals surface area (Å²) in [7, 11) is 1.38. The molecule has 138 valence electrons. The summed E-state index contributed by atoms with van der Waals surface area (Å²) < 4.78 is 32.1. The van der Waals surface area contributed by atoms with Crippen molar-refractivity contribution in [1.29, 1.82) is 0 Å². The monoisotopic (exact) mass is 362 g/mol. The smallest absolute Gasteiger partial charge is 0.258 e. The average Bonchev–Trinajstić information content (AvgIpc) is 2.66. The van der Waals surface area contributed by atoms with E-state index in [2.05, 4.69) is 10.6 Å². The van der Waals surface area contributed by atoms with Crippen LogP contribution in [0.3, 0.4) is 0 Å². The standard InChI is InChI=1S/C19H20F2N2O3/c1-3-12-6-4-5-7-16(12)26-11-17(24)23-18(19(25)22-2)13-8-9-14(20)15(21)10-13/h4-10,18H,3,11H2,1-2H3,(H,22,25)(H,23,24). The molecule has 1 unspecified atom stereocenters. The van der Waals surface area contributed by atoms with Crippen molar-refractivity contribution in [2.24, 2.45) is 0 Å².